The number of anilines is 1. The monoisotopic (exact) mass is 506 g/mol. The summed E-state index contributed by atoms with van der Waals surface area (Å²) in [7, 11) is 0. The zero-order chi connectivity index (χ0) is 26.5. The molecule has 1 aromatic carbocycles. The van der Waals surface area contributed by atoms with Crippen LogP contribution in [0.5, 0.6) is 5.75 Å². The molecular formula is C26H30N6O5. The summed E-state index contributed by atoms with van der Waals surface area (Å²) in [5.41, 5.74) is 1.42. The minimum absolute atomic E-state index is 0.0412. The lowest BCUT2D eigenvalue weighted by molar-refractivity contribution is -0.135. The first kappa shape index (κ1) is 25.8. The minimum Gasteiger partial charge on any atom is -0.505 e. The van der Waals surface area contributed by atoms with E-state index in [1.54, 1.807) is 20.0 Å². The number of piperazine rings is 1. The van der Waals surface area contributed by atoms with Crippen LogP contribution in [0.2, 0.25) is 0 Å². The van der Waals surface area contributed by atoms with Gasteiger partial charge in [-0.1, -0.05) is 38.1 Å². The van der Waals surface area contributed by atoms with Crippen molar-refractivity contribution in [3.05, 3.63) is 69.8 Å². The third-order valence-corrected chi connectivity index (χ3v) is 6.17. The van der Waals surface area contributed by atoms with E-state index in [4.69, 9.17) is 5.11 Å². The molecule has 1 fully saturated rings. The molecule has 0 atom stereocenters. The predicted octanol–water partition coefficient (Wildman–Crippen LogP) is 1.41. The van der Waals surface area contributed by atoms with E-state index >= 15 is 0 Å². The Hall–Kier alpha value is -4.25. The Bertz CT molecular complexity index is 1360. The molecule has 194 valence electrons. The van der Waals surface area contributed by atoms with Gasteiger partial charge in [-0.2, -0.15) is 5.10 Å². The Morgan fingerprint density at radius 1 is 1.16 bits per heavy atom. The van der Waals surface area contributed by atoms with Gasteiger partial charge in [-0.25, -0.2) is 9.67 Å². The molecule has 0 aliphatic carbocycles. The molecule has 4 N–H and O–H groups in total. The van der Waals surface area contributed by atoms with Gasteiger partial charge in [0.1, 0.15) is 23.6 Å². The molecule has 11 nitrogen and oxygen atoms in total. The molecule has 4 rings (SSSR count). The summed E-state index contributed by atoms with van der Waals surface area (Å²) in [5.74, 6) is -2.20. The van der Waals surface area contributed by atoms with Crippen LogP contribution in [0.1, 0.15) is 41.4 Å². The topological polar surface area (TPSA) is 150 Å². The molecule has 3 aromatic rings. The number of nitrogens with zero attached hydrogens (tertiary/aromatic N) is 4. The number of hydrogen-bond donors (Lipinski definition) is 4. The molecule has 1 saturated heterocycles. The maximum atomic E-state index is 13.3. The van der Waals surface area contributed by atoms with Crippen molar-refractivity contribution >= 4 is 17.7 Å². The number of benzene rings is 1. The summed E-state index contributed by atoms with van der Waals surface area (Å²) in [6.45, 7) is 6.40. The number of aliphatic carboxylic acids is 1. The zero-order valence-electron chi connectivity index (χ0n) is 20.8. The lowest BCUT2D eigenvalue weighted by atomic mass is 10.00. The first-order chi connectivity index (χ1) is 17.8. The smallest absolute Gasteiger partial charge is 0.322 e. The summed E-state index contributed by atoms with van der Waals surface area (Å²) >= 11 is 0. The Morgan fingerprint density at radius 2 is 1.89 bits per heavy atom. The molecule has 11 heteroatoms. The van der Waals surface area contributed by atoms with Crippen molar-refractivity contribution in [2.75, 3.05) is 37.6 Å². The standard InChI is InChI=1S/C26H30N6O5/c1-16(2)23-24(35)22(25(36)29-14-21(33)34)26(37)32(30-23)15-18-5-3-4-6-19(18)17-7-8-28-20(13-17)31-11-9-27-10-12-31/h3-8,13,16,27,35H,9-12,14-15H2,1-2H3,(H,29,36)(H,33,34). The molecular weight excluding hydrogens is 476 g/mol. The van der Waals surface area contributed by atoms with Crippen molar-refractivity contribution < 1.29 is 19.8 Å². The number of hydrogen-bond acceptors (Lipinski definition) is 8. The van der Waals surface area contributed by atoms with Crippen LogP contribution in [-0.2, 0) is 11.3 Å². The van der Waals surface area contributed by atoms with Gasteiger partial charge in [0.15, 0.2) is 5.75 Å². The van der Waals surface area contributed by atoms with Gasteiger partial charge < -0.3 is 25.7 Å². The fourth-order valence-corrected chi connectivity index (χ4v) is 4.28. The van der Waals surface area contributed by atoms with Gasteiger partial charge in [0.2, 0.25) is 0 Å². The molecule has 2 aromatic heterocycles. The number of carbonyl (C=O) groups is 2. The van der Waals surface area contributed by atoms with E-state index < -0.39 is 35.3 Å². The van der Waals surface area contributed by atoms with Gasteiger partial charge in [-0.3, -0.25) is 14.4 Å². The highest BCUT2D eigenvalue weighted by molar-refractivity contribution is 5.98. The summed E-state index contributed by atoms with van der Waals surface area (Å²) in [5, 5.41) is 29.4. The number of nitrogens with one attached hydrogen (secondary N) is 2. The van der Waals surface area contributed by atoms with E-state index in [0.717, 1.165) is 53.4 Å². The average Bonchev–Trinajstić information content (AvgIpc) is 2.90. The number of carboxylic acid groups (broad SMARTS) is 1. The molecule has 37 heavy (non-hydrogen) atoms. The number of aromatic nitrogens is 3. The third-order valence-electron chi connectivity index (χ3n) is 6.17. The molecule has 0 radical (unpaired) electrons. The van der Waals surface area contributed by atoms with Crippen molar-refractivity contribution in [3.63, 3.8) is 0 Å². The van der Waals surface area contributed by atoms with E-state index in [-0.39, 0.29) is 18.2 Å². The third kappa shape index (κ3) is 5.78. The molecule has 0 unspecified atom stereocenters. The van der Waals surface area contributed by atoms with Crippen molar-refractivity contribution in [2.24, 2.45) is 0 Å². The van der Waals surface area contributed by atoms with Crippen LogP contribution < -0.4 is 21.1 Å². The van der Waals surface area contributed by atoms with E-state index in [1.165, 1.54) is 0 Å². The lowest BCUT2D eigenvalue weighted by Gasteiger charge is -2.28. The minimum atomic E-state index is -1.27. The second-order valence-electron chi connectivity index (χ2n) is 9.10. The van der Waals surface area contributed by atoms with Gasteiger partial charge >= 0.3 is 5.97 Å². The molecule has 1 amide bonds. The summed E-state index contributed by atoms with van der Waals surface area (Å²) in [6, 6.07) is 11.5. The number of pyridine rings is 1. The van der Waals surface area contributed by atoms with Gasteiger partial charge in [0, 0.05) is 38.3 Å². The van der Waals surface area contributed by atoms with Crippen LogP contribution >= 0.6 is 0 Å². The fraction of sp³-hybridized carbons (Fsp3) is 0.346. The summed E-state index contributed by atoms with van der Waals surface area (Å²) in [6.07, 6.45) is 1.76. The summed E-state index contributed by atoms with van der Waals surface area (Å²) < 4.78 is 1.14. The van der Waals surface area contributed by atoms with Crippen molar-refractivity contribution in [3.8, 4) is 16.9 Å². The van der Waals surface area contributed by atoms with E-state index in [2.05, 4.69) is 25.6 Å². The van der Waals surface area contributed by atoms with E-state index in [1.807, 2.05) is 36.4 Å². The van der Waals surface area contributed by atoms with Gasteiger partial charge in [0.25, 0.3) is 11.5 Å². The van der Waals surface area contributed by atoms with Crippen LogP contribution in [0.4, 0.5) is 5.82 Å². The second-order valence-corrected chi connectivity index (χ2v) is 9.10. The van der Waals surface area contributed by atoms with Crippen LogP contribution in [0.25, 0.3) is 11.1 Å². The van der Waals surface area contributed by atoms with Crippen LogP contribution in [0.15, 0.2) is 47.4 Å². The first-order valence-corrected chi connectivity index (χ1v) is 12.1. The molecule has 1 aliphatic heterocycles. The largest absolute Gasteiger partial charge is 0.505 e. The highest BCUT2D eigenvalue weighted by atomic mass is 16.4. The van der Waals surface area contributed by atoms with E-state index in [0.29, 0.717) is 0 Å². The highest BCUT2D eigenvalue weighted by Crippen LogP contribution is 2.28. The van der Waals surface area contributed by atoms with Crippen molar-refractivity contribution in [2.45, 2.75) is 26.3 Å². The Labute approximate surface area is 213 Å². The lowest BCUT2D eigenvalue weighted by Crippen LogP contribution is -2.43. The summed E-state index contributed by atoms with van der Waals surface area (Å²) in [4.78, 5) is 43.6. The highest BCUT2D eigenvalue weighted by Gasteiger charge is 2.25. The number of carboxylic acids is 1. The van der Waals surface area contributed by atoms with Gasteiger partial charge in [-0.05, 0) is 28.8 Å². The number of carbonyl (C=O) groups excluding carboxylic acids is 1. The maximum absolute atomic E-state index is 13.3. The number of amides is 1. The predicted molar refractivity (Wildman–Crippen MR) is 138 cm³/mol. The van der Waals surface area contributed by atoms with Crippen molar-refractivity contribution in [1.29, 1.82) is 0 Å². The average molecular weight is 507 g/mol. The van der Waals surface area contributed by atoms with Crippen LogP contribution in [-0.4, -0.2) is 69.6 Å². The zero-order valence-corrected chi connectivity index (χ0v) is 20.8. The first-order valence-electron chi connectivity index (χ1n) is 12.1. The van der Waals surface area contributed by atoms with Crippen LogP contribution in [0, 0.1) is 0 Å². The number of rotatable bonds is 8. The molecule has 0 spiro atoms. The van der Waals surface area contributed by atoms with Gasteiger partial charge in [0.05, 0.1) is 6.54 Å². The normalized spacial score (nSPS) is 13.5. The SMILES string of the molecule is CC(C)c1nn(Cc2ccccc2-c2ccnc(N3CCNCC3)c2)c(=O)c(C(=O)NCC(=O)O)c1O. The molecule has 0 saturated carbocycles. The van der Waals surface area contributed by atoms with E-state index in [9.17, 15) is 19.5 Å². The van der Waals surface area contributed by atoms with Crippen LogP contribution in [0.3, 0.4) is 0 Å². The van der Waals surface area contributed by atoms with Crippen molar-refractivity contribution in [1.82, 2.24) is 25.4 Å². The molecule has 0 bridgehead atoms. The molecule has 3 heterocycles. The second kappa shape index (κ2) is 11.2. The Balaban J connectivity index is 1.74. The number of aromatic hydroxyl groups is 1. The quantitative estimate of drug-likeness (QED) is 0.356. The Morgan fingerprint density at radius 3 is 2.59 bits per heavy atom. The maximum Gasteiger partial charge on any atom is 0.322 e. The van der Waals surface area contributed by atoms with Gasteiger partial charge in [-0.15, -0.1) is 0 Å². The fourth-order valence-electron chi connectivity index (χ4n) is 4.28. The Kier molecular flexibility index (Phi) is 7.83. The molecule has 1 aliphatic rings.